The van der Waals surface area contributed by atoms with Crippen molar-refractivity contribution in [3.05, 3.63) is 178 Å². The SMILES string of the molecule is CC(C)(C)OC(=O)[C@](C)(CCc1ccccc1)NC(=O)[C@](C)(CCc1ccccc1)NC(=O)[C@](C)(CCc1ccccc1)NC(=O)[C@](C)(CCc1ccccc1)NC(=O)c1ccc(Br)cc1. The van der Waals surface area contributed by atoms with Gasteiger partial charge in [-0.05, 0) is 146 Å². The molecule has 0 unspecified atom stereocenters. The molecule has 66 heavy (non-hydrogen) atoms. The molecule has 348 valence electrons. The van der Waals surface area contributed by atoms with Gasteiger partial charge in [0.1, 0.15) is 27.8 Å². The van der Waals surface area contributed by atoms with Crippen molar-refractivity contribution in [3.8, 4) is 0 Å². The molecule has 4 N–H and O–H groups in total. The van der Waals surface area contributed by atoms with E-state index in [1.165, 1.54) is 0 Å². The molecule has 10 nitrogen and oxygen atoms in total. The molecule has 5 rings (SSSR count). The predicted molar refractivity (Wildman–Crippen MR) is 265 cm³/mol. The van der Waals surface area contributed by atoms with E-state index in [-0.39, 0.29) is 25.7 Å². The van der Waals surface area contributed by atoms with E-state index in [2.05, 4.69) is 37.2 Å². The number of halogens is 1. The zero-order valence-electron chi connectivity index (χ0n) is 39.3. The summed E-state index contributed by atoms with van der Waals surface area (Å²) in [6.45, 7) is 12.0. The molecule has 0 bridgehead atoms. The molecular formula is C55H65BrN4O6. The van der Waals surface area contributed by atoms with Crippen LogP contribution in [0.2, 0.25) is 0 Å². The Morgan fingerprint density at radius 2 is 0.697 bits per heavy atom. The van der Waals surface area contributed by atoms with Crippen molar-refractivity contribution >= 4 is 45.5 Å². The van der Waals surface area contributed by atoms with E-state index < -0.39 is 57.4 Å². The van der Waals surface area contributed by atoms with Crippen LogP contribution in [0.15, 0.2) is 150 Å². The fraction of sp³-hybridized carbons (Fsp3) is 0.364. The number of hydrogen-bond donors (Lipinski definition) is 4. The average molecular weight is 958 g/mol. The first kappa shape index (κ1) is 50.9. The van der Waals surface area contributed by atoms with E-state index in [0.717, 1.165) is 26.7 Å². The van der Waals surface area contributed by atoms with Gasteiger partial charge in [0, 0.05) is 10.0 Å². The van der Waals surface area contributed by atoms with Crippen molar-refractivity contribution in [1.82, 2.24) is 21.3 Å². The second-order valence-electron chi connectivity index (χ2n) is 19.1. The molecule has 4 amide bonds. The summed E-state index contributed by atoms with van der Waals surface area (Å²) in [5, 5.41) is 12.3. The maximum absolute atomic E-state index is 15.2. The number of carbonyl (C=O) groups excluding carboxylic acids is 5. The van der Waals surface area contributed by atoms with Gasteiger partial charge in [-0.15, -0.1) is 0 Å². The summed E-state index contributed by atoms with van der Waals surface area (Å²) in [7, 11) is 0. The van der Waals surface area contributed by atoms with Crippen LogP contribution in [-0.4, -0.2) is 57.4 Å². The largest absolute Gasteiger partial charge is 0.458 e. The highest BCUT2D eigenvalue weighted by Gasteiger charge is 2.48. The third-order valence-electron chi connectivity index (χ3n) is 12.0. The van der Waals surface area contributed by atoms with E-state index in [1.54, 1.807) is 72.7 Å². The second-order valence-corrected chi connectivity index (χ2v) is 20.0. The number of benzene rings is 5. The third kappa shape index (κ3) is 14.7. The van der Waals surface area contributed by atoms with Gasteiger partial charge in [0.15, 0.2) is 0 Å². The topological polar surface area (TPSA) is 143 Å². The fourth-order valence-corrected chi connectivity index (χ4v) is 7.81. The highest BCUT2D eigenvalue weighted by atomic mass is 79.9. The van der Waals surface area contributed by atoms with Crippen LogP contribution in [0.25, 0.3) is 0 Å². The van der Waals surface area contributed by atoms with Gasteiger partial charge >= 0.3 is 5.97 Å². The Balaban J connectivity index is 1.51. The van der Waals surface area contributed by atoms with Crippen molar-refractivity contribution in [3.63, 3.8) is 0 Å². The monoisotopic (exact) mass is 956 g/mol. The zero-order chi connectivity index (χ0) is 48.0. The number of aryl methyl sites for hydroxylation is 4. The minimum atomic E-state index is -1.61. The lowest BCUT2D eigenvalue weighted by Gasteiger charge is -2.40. The highest BCUT2D eigenvalue weighted by molar-refractivity contribution is 9.10. The summed E-state index contributed by atoms with van der Waals surface area (Å²) in [4.78, 5) is 73.2. The lowest BCUT2D eigenvalue weighted by atomic mass is 9.85. The van der Waals surface area contributed by atoms with Crippen molar-refractivity contribution in [2.45, 2.75) is 128 Å². The van der Waals surface area contributed by atoms with Gasteiger partial charge in [-0.2, -0.15) is 0 Å². The van der Waals surface area contributed by atoms with Crippen LogP contribution in [-0.2, 0) is 49.6 Å². The number of nitrogens with one attached hydrogen (secondary N) is 4. The summed E-state index contributed by atoms with van der Waals surface area (Å²) < 4.78 is 6.71. The Bertz CT molecular complexity index is 2390. The van der Waals surface area contributed by atoms with E-state index in [1.807, 2.05) is 121 Å². The summed E-state index contributed by atoms with van der Waals surface area (Å²) in [5.74, 6) is -2.81. The van der Waals surface area contributed by atoms with Gasteiger partial charge in [0.05, 0.1) is 0 Å². The Kier molecular flexibility index (Phi) is 17.3. The molecule has 0 heterocycles. The molecule has 0 saturated heterocycles. The van der Waals surface area contributed by atoms with Crippen LogP contribution in [0.1, 0.15) is 107 Å². The van der Waals surface area contributed by atoms with Gasteiger partial charge < -0.3 is 26.0 Å². The number of ether oxygens (including phenoxy) is 1. The van der Waals surface area contributed by atoms with Crippen LogP contribution in [0.3, 0.4) is 0 Å². The van der Waals surface area contributed by atoms with Crippen LogP contribution in [0, 0.1) is 0 Å². The number of amides is 4. The molecular weight excluding hydrogens is 893 g/mol. The van der Waals surface area contributed by atoms with Crippen LogP contribution >= 0.6 is 15.9 Å². The number of esters is 1. The van der Waals surface area contributed by atoms with E-state index in [9.17, 15) is 14.4 Å². The standard InChI is InChI=1S/C55H65BrN4O6/c1-51(2,3)66-50(65)55(7,39-35-43-26-18-11-19-27-43)60-49(64)54(6,38-34-42-24-16-10-17-25-42)59-48(63)53(5,37-33-41-22-14-9-15-23-41)58-47(62)52(4,36-32-40-20-12-8-13-21-40)57-46(61)44-28-30-45(56)31-29-44/h8-31H,32-39H2,1-7H3,(H,57,61)(H,58,62)(H,59,63)(H,60,64)/t52-,53-,54-,55-/m0/s1. The van der Waals surface area contributed by atoms with Crippen LogP contribution < -0.4 is 21.3 Å². The molecule has 0 fully saturated rings. The van der Waals surface area contributed by atoms with E-state index >= 15 is 9.59 Å². The molecule has 0 radical (unpaired) electrons. The molecule has 0 aliphatic heterocycles. The molecule has 5 aromatic carbocycles. The molecule has 11 heteroatoms. The lowest BCUT2D eigenvalue weighted by molar-refractivity contribution is -0.165. The fourth-order valence-electron chi connectivity index (χ4n) is 7.55. The van der Waals surface area contributed by atoms with Crippen LogP contribution in [0.4, 0.5) is 0 Å². The first-order chi connectivity index (χ1) is 31.2. The minimum Gasteiger partial charge on any atom is -0.458 e. The molecule has 4 atom stereocenters. The van der Waals surface area contributed by atoms with Gasteiger partial charge in [0.25, 0.3) is 5.91 Å². The van der Waals surface area contributed by atoms with Gasteiger partial charge in [-0.25, -0.2) is 4.79 Å². The van der Waals surface area contributed by atoms with Gasteiger partial charge in [-0.1, -0.05) is 137 Å². The molecule has 0 saturated carbocycles. The highest BCUT2D eigenvalue weighted by Crippen LogP contribution is 2.27. The maximum atomic E-state index is 15.2. The molecule has 0 aliphatic rings. The molecule has 0 aliphatic carbocycles. The Morgan fingerprint density at radius 3 is 1.02 bits per heavy atom. The summed E-state index contributed by atoms with van der Waals surface area (Å²) >= 11 is 3.43. The zero-order valence-corrected chi connectivity index (χ0v) is 40.9. The Morgan fingerprint density at radius 1 is 0.409 bits per heavy atom. The Hall–Kier alpha value is -6.07. The summed E-state index contributed by atoms with van der Waals surface area (Å²) in [6, 6.07) is 45.5. The number of carbonyl (C=O) groups is 5. The minimum absolute atomic E-state index is 0.146. The van der Waals surface area contributed by atoms with Crippen molar-refractivity contribution in [2.24, 2.45) is 0 Å². The Labute approximate surface area is 399 Å². The average Bonchev–Trinajstić information content (AvgIpc) is 3.30. The van der Waals surface area contributed by atoms with Gasteiger partial charge in [-0.3, -0.25) is 19.2 Å². The lowest BCUT2D eigenvalue weighted by Crippen LogP contribution is -2.69. The quantitative estimate of drug-likeness (QED) is 0.0540. The molecule has 5 aromatic rings. The smallest absolute Gasteiger partial charge is 0.332 e. The summed E-state index contributed by atoms with van der Waals surface area (Å²) in [5.41, 5.74) is -2.83. The van der Waals surface area contributed by atoms with Crippen molar-refractivity contribution in [2.75, 3.05) is 0 Å². The number of hydrogen-bond acceptors (Lipinski definition) is 6. The first-order valence-corrected chi connectivity index (χ1v) is 23.5. The third-order valence-corrected chi connectivity index (χ3v) is 12.6. The second kappa shape index (κ2) is 22.4. The van der Waals surface area contributed by atoms with Crippen molar-refractivity contribution in [1.29, 1.82) is 0 Å². The predicted octanol–water partition coefficient (Wildman–Crippen LogP) is 9.44. The first-order valence-electron chi connectivity index (χ1n) is 22.7. The molecule has 0 aromatic heterocycles. The van der Waals surface area contributed by atoms with Gasteiger partial charge in [0.2, 0.25) is 17.7 Å². The molecule has 0 spiro atoms. The normalized spacial score (nSPS) is 15.0. The van der Waals surface area contributed by atoms with E-state index in [0.29, 0.717) is 31.2 Å². The van der Waals surface area contributed by atoms with Crippen molar-refractivity contribution < 1.29 is 28.7 Å². The number of rotatable bonds is 21. The van der Waals surface area contributed by atoms with Crippen LogP contribution in [0.5, 0.6) is 0 Å². The van der Waals surface area contributed by atoms with E-state index in [4.69, 9.17) is 4.74 Å². The summed E-state index contributed by atoms with van der Waals surface area (Å²) in [6.07, 6.45) is 2.46. The maximum Gasteiger partial charge on any atom is 0.332 e.